The molecule has 0 unspecified atom stereocenters. The van der Waals surface area contributed by atoms with Gasteiger partial charge in [-0.2, -0.15) is 0 Å². The SMILES string of the molecule is C[C@@H]1O[C@@H](O[C@H]2[C@H](O[C@H]3[C@H](OC[C@H]4O[C@@H](O[C@H]5CC[C@]6(C)C7=C(CC[C@H]6[C@@]5(C)CO)[C@]5(C)CC[C@@]6(OC(=O)C[C@H]6C)[C@@]5(C)CC7)[C@H](O)[C@@H](O)[C@@H]4O)OC[C@H](O)[C@@H]3O)O[C@H](CO)[C@@H](O)[C@@H]2O[C@@H]2O[C@H](CO)[C@@H](O)[C@H](O)[C@H]2O)[C@H](O)[C@H](O)[C@H]1O. The lowest BCUT2D eigenvalue weighted by molar-refractivity contribution is -0.406. The van der Waals surface area contributed by atoms with Crippen LogP contribution in [0.15, 0.2) is 11.1 Å². The Hall–Kier alpha value is -1.79. The van der Waals surface area contributed by atoms with Crippen molar-refractivity contribution < 1.29 is 133 Å². The molecule has 8 fully saturated rings. The van der Waals surface area contributed by atoms with Crippen molar-refractivity contribution in [2.75, 3.05) is 33.0 Å². The van der Waals surface area contributed by atoms with Gasteiger partial charge in [-0.05, 0) is 75.0 Å². The topological polar surface area (TPSA) is 422 Å². The number of allylic oxidation sites excluding steroid dienone is 2. The van der Waals surface area contributed by atoms with Crippen molar-refractivity contribution in [3.8, 4) is 0 Å². The number of carbonyl (C=O) groups is 1. The second-order valence-electron chi connectivity index (χ2n) is 25.9. The molecule has 6 aliphatic heterocycles. The summed E-state index contributed by atoms with van der Waals surface area (Å²) in [7, 11) is 0. The van der Waals surface area contributed by atoms with Crippen molar-refractivity contribution in [1.82, 2.24) is 0 Å². The van der Waals surface area contributed by atoms with Crippen LogP contribution < -0.4 is 0 Å². The molecule has 6 heterocycles. The van der Waals surface area contributed by atoms with Gasteiger partial charge >= 0.3 is 5.97 Å². The first-order valence-electron chi connectivity index (χ1n) is 29.1. The first-order valence-corrected chi connectivity index (χ1v) is 29.1. The number of hydrogen-bond donors (Lipinski definition) is 15. The van der Waals surface area contributed by atoms with E-state index in [-0.39, 0.29) is 40.7 Å². The van der Waals surface area contributed by atoms with Crippen LogP contribution in [0.3, 0.4) is 0 Å². The minimum Gasteiger partial charge on any atom is -0.458 e. The molecule has 2 saturated carbocycles. The van der Waals surface area contributed by atoms with Gasteiger partial charge < -0.3 is 129 Å². The predicted molar refractivity (Wildman–Crippen MR) is 271 cm³/mol. The quantitative estimate of drug-likeness (QED) is 0.0576. The number of fused-ring (bicyclic) bond motifs is 5. The van der Waals surface area contributed by atoms with Crippen molar-refractivity contribution in [3.05, 3.63) is 11.1 Å². The van der Waals surface area contributed by atoms with Crippen LogP contribution in [-0.4, -0.2) is 275 Å². The number of aliphatic hydroxyl groups is 15. The molecule has 32 atom stereocenters. The summed E-state index contributed by atoms with van der Waals surface area (Å²) >= 11 is 0. The summed E-state index contributed by atoms with van der Waals surface area (Å²) in [5, 5.41) is 164. The van der Waals surface area contributed by atoms with Crippen molar-refractivity contribution in [2.24, 2.45) is 33.5 Å². The third-order valence-electron chi connectivity index (χ3n) is 21.7. The Morgan fingerprint density at radius 1 is 0.537 bits per heavy atom. The van der Waals surface area contributed by atoms with Gasteiger partial charge in [0.15, 0.2) is 31.5 Å². The van der Waals surface area contributed by atoms with E-state index in [1.165, 1.54) is 18.1 Å². The Kier molecular flexibility index (Phi) is 18.2. The average Bonchev–Trinajstić information content (AvgIpc) is 4.04. The molecule has 0 aromatic rings. The second-order valence-corrected chi connectivity index (χ2v) is 25.9. The molecule has 10 aliphatic rings. The highest BCUT2D eigenvalue weighted by Crippen LogP contribution is 2.75. The zero-order valence-electron chi connectivity index (χ0n) is 47.1. The standard InChI is InChI=1S/C55H88O27/c1-21-15-31(60)82-55(21)14-13-53(5)24-7-8-29-51(3,23(24)9-12-54(53,55)6)11-10-30(52(29,4)20-58)78-47-41(70)39(68)35(64)28(77-47)19-73-49-44(33(62)25(59)18-72-49)80-50-45(81-46-40(69)37(66)32(61)22(2)74-46)43(36(65)27(17-57)76-50)79-48-42(71)38(67)34(63)26(16-56)75-48/h21-22,25-30,32-50,56-59,61-71H,7-20H2,1-6H3/t21-,22+,25+,26-,27-,28-,29-,30+,32+,33+,34-,35-,36-,37-,38+,39+,40-,41-,42-,43+,44-,45-,46+,47+,48+,49+,50+,51-,52-,53+,54+,55+/m1/s1. The molecule has 10 rings (SSSR count). The van der Waals surface area contributed by atoms with Gasteiger partial charge in [0.2, 0.25) is 0 Å². The molecule has 470 valence electrons. The summed E-state index contributed by atoms with van der Waals surface area (Å²) in [5.74, 6) is -0.121. The number of aliphatic hydroxyl groups excluding tert-OH is 15. The Labute approximate surface area is 474 Å². The summed E-state index contributed by atoms with van der Waals surface area (Å²) in [5.41, 5.74) is 0.619. The fraction of sp³-hybridized carbons (Fsp3) is 0.945. The van der Waals surface area contributed by atoms with Crippen LogP contribution in [0.4, 0.5) is 0 Å². The Bertz CT molecular complexity index is 2280. The highest BCUT2D eigenvalue weighted by Gasteiger charge is 2.73. The van der Waals surface area contributed by atoms with Crippen molar-refractivity contribution in [1.29, 1.82) is 0 Å². The van der Waals surface area contributed by atoms with E-state index in [1.807, 2.05) is 6.92 Å². The van der Waals surface area contributed by atoms with Crippen LogP contribution in [-0.2, 0) is 56.9 Å². The van der Waals surface area contributed by atoms with E-state index < -0.39 is 191 Å². The molecule has 0 bridgehead atoms. The number of esters is 1. The normalized spacial score (nSPS) is 55.3. The zero-order chi connectivity index (χ0) is 59.5. The molecule has 6 saturated heterocycles. The van der Waals surface area contributed by atoms with Gasteiger partial charge in [-0.3, -0.25) is 4.79 Å². The van der Waals surface area contributed by atoms with E-state index >= 15 is 0 Å². The third kappa shape index (κ3) is 10.2. The van der Waals surface area contributed by atoms with Crippen LogP contribution >= 0.6 is 0 Å². The van der Waals surface area contributed by atoms with Gasteiger partial charge in [0, 0.05) is 16.7 Å². The second kappa shape index (κ2) is 23.6. The maximum atomic E-state index is 12.8. The van der Waals surface area contributed by atoms with E-state index in [1.54, 1.807) is 0 Å². The summed E-state index contributed by atoms with van der Waals surface area (Å²) in [6, 6.07) is 0. The van der Waals surface area contributed by atoms with Gasteiger partial charge in [0.05, 0.1) is 51.7 Å². The fourth-order valence-corrected chi connectivity index (χ4v) is 16.5. The summed E-state index contributed by atoms with van der Waals surface area (Å²) in [4.78, 5) is 12.8. The lowest BCUT2D eigenvalue weighted by Gasteiger charge is -2.63. The van der Waals surface area contributed by atoms with E-state index in [0.29, 0.717) is 19.3 Å². The largest absolute Gasteiger partial charge is 0.458 e. The average molecular weight is 1180 g/mol. The molecule has 27 nitrogen and oxygen atoms in total. The minimum absolute atomic E-state index is 0.0847. The molecule has 0 aromatic heterocycles. The molecule has 0 amide bonds. The summed E-state index contributed by atoms with van der Waals surface area (Å²) in [6.45, 7) is 9.02. The van der Waals surface area contributed by atoms with Gasteiger partial charge in [0.25, 0.3) is 0 Å². The smallest absolute Gasteiger partial charge is 0.306 e. The van der Waals surface area contributed by atoms with Crippen molar-refractivity contribution in [2.45, 2.75) is 258 Å². The Morgan fingerprint density at radius 3 is 1.74 bits per heavy atom. The van der Waals surface area contributed by atoms with Crippen molar-refractivity contribution in [3.63, 3.8) is 0 Å². The number of carbonyl (C=O) groups excluding carboxylic acids is 1. The van der Waals surface area contributed by atoms with Crippen LogP contribution in [0.25, 0.3) is 0 Å². The number of rotatable bonds is 14. The molecule has 0 radical (unpaired) electrons. The maximum Gasteiger partial charge on any atom is 0.306 e. The van der Waals surface area contributed by atoms with Crippen LogP contribution in [0.2, 0.25) is 0 Å². The lowest BCUT2D eigenvalue weighted by atomic mass is 9.42. The van der Waals surface area contributed by atoms with Gasteiger partial charge in [-0.1, -0.05) is 45.8 Å². The van der Waals surface area contributed by atoms with Gasteiger partial charge in [-0.25, -0.2) is 0 Å². The highest BCUT2D eigenvalue weighted by atomic mass is 16.8. The highest BCUT2D eigenvalue weighted by molar-refractivity contribution is 5.73. The molecule has 15 N–H and O–H groups in total. The molecule has 4 aliphatic carbocycles. The predicted octanol–water partition coefficient (Wildman–Crippen LogP) is -4.44. The van der Waals surface area contributed by atoms with E-state index in [9.17, 15) is 81.4 Å². The Balaban J connectivity index is 0.862. The lowest BCUT2D eigenvalue weighted by Crippen LogP contribution is -2.68. The number of ether oxygens (including phenoxy) is 11. The molecule has 27 heteroatoms. The van der Waals surface area contributed by atoms with E-state index in [0.717, 1.165) is 38.5 Å². The Morgan fingerprint density at radius 2 is 1.11 bits per heavy atom. The van der Waals surface area contributed by atoms with Crippen molar-refractivity contribution >= 4 is 5.97 Å². The fourth-order valence-electron chi connectivity index (χ4n) is 16.5. The summed E-state index contributed by atoms with van der Waals surface area (Å²) in [6.07, 6.45) is -37.4. The maximum absolute atomic E-state index is 12.8. The molecule has 0 aromatic carbocycles. The monoisotopic (exact) mass is 1180 g/mol. The summed E-state index contributed by atoms with van der Waals surface area (Å²) < 4.78 is 66.5. The zero-order valence-corrected chi connectivity index (χ0v) is 47.1. The van der Waals surface area contributed by atoms with E-state index in [4.69, 9.17) is 52.1 Å². The first-order chi connectivity index (χ1) is 38.6. The molecular formula is C55H88O27. The number of hydrogen-bond acceptors (Lipinski definition) is 27. The van der Waals surface area contributed by atoms with Gasteiger partial charge in [0.1, 0.15) is 115 Å². The van der Waals surface area contributed by atoms with Gasteiger partial charge in [-0.15, -0.1) is 0 Å². The molecule has 82 heavy (non-hydrogen) atoms. The first kappa shape index (κ1) is 63.2. The van der Waals surface area contributed by atoms with Crippen LogP contribution in [0, 0.1) is 33.5 Å². The van der Waals surface area contributed by atoms with E-state index in [2.05, 4.69) is 27.7 Å². The molecule has 1 spiro atoms. The minimum atomic E-state index is -2.05. The van der Waals surface area contributed by atoms with Crippen LogP contribution in [0.5, 0.6) is 0 Å². The van der Waals surface area contributed by atoms with Crippen LogP contribution in [0.1, 0.15) is 99.3 Å². The third-order valence-corrected chi connectivity index (χ3v) is 21.7. The molecular weight excluding hydrogens is 1090 g/mol.